The van der Waals surface area contributed by atoms with Crippen molar-refractivity contribution in [2.45, 2.75) is 31.8 Å². The lowest BCUT2D eigenvalue weighted by Gasteiger charge is -2.18. The molecule has 2 rings (SSSR count). The summed E-state index contributed by atoms with van der Waals surface area (Å²) in [5, 5.41) is 24.6. The summed E-state index contributed by atoms with van der Waals surface area (Å²) in [7, 11) is 1.58. The average Bonchev–Trinajstić information content (AvgIpc) is 3.09. The zero-order chi connectivity index (χ0) is 19.2. The van der Waals surface area contributed by atoms with Crippen LogP contribution in [0.5, 0.6) is 5.75 Å². The summed E-state index contributed by atoms with van der Waals surface area (Å²) in [5.74, 6) is -0.174. The third kappa shape index (κ3) is 5.28. The molecule has 1 aromatic heterocycles. The number of nitrogens with one attached hydrogen (secondary N) is 1. The molecular weight excluding hydrogens is 342 g/mol. The second-order valence-electron chi connectivity index (χ2n) is 5.95. The highest BCUT2D eigenvalue weighted by atomic mass is 16.5. The number of benzene rings is 1. The van der Waals surface area contributed by atoms with Crippen LogP contribution in [0, 0.1) is 0 Å². The molecule has 0 aliphatic carbocycles. The predicted octanol–water partition coefficient (Wildman–Crippen LogP) is 1.02. The van der Waals surface area contributed by atoms with Crippen LogP contribution in [0.2, 0.25) is 0 Å². The van der Waals surface area contributed by atoms with Gasteiger partial charge in [0.05, 0.1) is 13.7 Å². The van der Waals surface area contributed by atoms with Crippen molar-refractivity contribution >= 4 is 11.9 Å². The van der Waals surface area contributed by atoms with Gasteiger partial charge in [0.15, 0.2) is 5.60 Å². The summed E-state index contributed by atoms with van der Waals surface area (Å²) in [6.07, 6.45) is 1.01. The fourth-order valence-corrected chi connectivity index (χ4v) is 2.05. The fraction of sp³-hybridized carbons (Fsp3) is 0.412. The molecule has 0 aliphatic heterocycles. The van der Waals surface area contributed by atoms with Crippen molar-refractivity contribution in [3.05, 3.63) is 30.2 Å². The minimum atomic E-state index is -1.99. The highest BCUT2D eigenvalue weighted by molar-refractivity contribution is 5.80. The van der Waals surface area contributed by atoms with Gasteiger partial charge in [0.25, 0.3) is 0 Å². The number of methoxy groups -OCH3 is 1. The summed E-state index contributed by atoms with van der Waals surface area (Å²) < 4.78 is 10.3. The first-order valence-corrected chi connectivity index (χ1v) is 8.01. The molecule has 3 N–H and O–H groups in total. The monoisotopic (exact) mass is 363 g/mol. The lowest BCUT2D eigenvalue weighted by Crippen LogP contribution is -2.46. The number of nitrogens with zero attached hydrogens (tertiary/aromatic N) is 2. The molecule has 9 heteroatoms. The second-order valence-corrected chi connectivity index (χ2v) is 5.95. The van der Waals surface area contributed by atoms with E-state index in [9.17, 15) is 14.7 Å². The molecule has 1 heterocycles. The molecule has 1 atom stereocenters. The Morgan fingerprint density at radius 2 is 2.00 bits per heavy atom. The van der Waals surface area contributed by atoms with Gasteiger partial charge in [-0.15, -0.1) is 0 Å². The van der Waals surface area contributed by atoms with E-state index in [0.717, 1.165) is 18.2 Å². The van der Waals surface area contributed by atoms with Crippen LogP contribution in [0.25, 0.3) is 11.4 Å². The summed E-state index contributed by atoms with van der Waals surface area (Å²) in [6, 6.07) is 7.22. The van der Waals surface area contributed by atoms with Crippen LogP contribution in [-0.4, -0.2) is 51.5 Å². The van der Waals surface area contributed by atoms with Crippen molar-refractivity contribution in [3.63, 3.8) is 0 Å². The number of aryl methyl sites for hydroxylation is 1. The summed E-state index contributed by atoms with van der Waals surface area (Å²) in [5.41, 5.74) is -1.20. The SMILES string of the molecule is COc1ccc(-c2noc(CCCC(=O)NCC(C)(O)C(=O)O)n2)cc1. The van der Waals surface area contributed by atoms with Gasteiger partial charge in [-0.1, -0.05) is 5.16 Å². The molecule has 0 radical (unpaired) electrons. The summed E-state index contributed by atoms with van der Waals surface area (Å²) in [6.45, 7) is 0.762. The number of hydrogen-bond donors (Lipinski definition) is 3. The van der Waals surface area contributed by atoms with E-state index in [2.05, 4.69) is 15.5 Å². The van der Waals surface area contributed by atoms with Gasteiger partial charge < -0.3 is 24.8 Å². The van der Waals surface area contributed by atoms with E-state index in [0.29, 0.717) is 24.6 Å². The van der Waals surface area contributed by atoms with Crippen molar-refractivity contribution in [1.82, 2.24) is 15.5 Å². The quantitative estimate of drug-likeness (QED) is 0.601. The van der Waals surface area contributed by atoms with Gasteiger partial charge in [0.2, 0.25) is 17.6 Å². The van der Waals surface area contributed by atoms with Crippen LogP contribution < -0.4 is 10.1 Å². The number of amides is 1. The molecule has 0 aliphatic rings. The highest BCUT2D eigenvalue weighted by Gasteiger charge is 2.30. The number of aromatic nitrogens is 2. The predicted molar refractivity (Wildman–Crippen MR) is 90.5 cm³/mol. The Labute approximate surface area is 150 Å². The van der Waals surface area contributed by atoms with E-state index in [1.807, 2.05) is 12.1 Å². The van der Waals surface area contributed by atoms with E-state index in [1.165, 1.54) is 0 Å². The van der Waals surface area contributed by atoms with Crippen molar-refractivity contribution < 1.29 is 29.1 Å². The molecule has 1 amide bonds. The Morgan fingerprint density at radius 1 is 1.31 bits per heavy atom. The number of carboxylic acids is 1. The number of hydrogen-bond acceptors (Lipinski definition) is 7. The van der Waals surface area contributed by atoms with Gasteiger partial charge in [-0.05, 0) is 37.6 Å². The molecular formula is C17H21N3O6. The zero-order valence-corrected chi connectivity index (χ0v) is 14.6. The number of carbonyl (C=O) groups excluding carboxylic acids is 1. The second kappa shape index (κ2) is 8.43. The standard InChI is InChI=1S/C17H21N3O6/c1-17(24,16(22)23)10-18-13(21)4-3-5-14-19-15(20-26-14)11-6-8-12(25-2)9-7-11/h6-9,24H,3-5,10H2,1-2H3,(H,18,21)(H,22,23). The van der Waals surface area contributed by atoms with E-state index >= 15 is 0 Å². The Bertz CT molecular complexity index is 754. The molecule has 2 aromatic rings. The largest absolute Gasteiger partial charge is 0.497 e. The molecule has 140 valence electrons. The van der Waals surface area contributed by atoms with E-state index in [1.54, 1.807) is 19.2 Å². The van der Waals surface area contributed by atoms with Crippen LogP contribution in [0.3, 0.4) is 0 Å². The first kappa shape index (κ1) is 19.4. The normalized spacial score (nSPS) is 13.0. The van der Waals surface area contributed by atoms with Gasteiger partial charge >= 0.3 is 5.97 Å². The van der Waals surface area contributed by atoms with Crippen molar-refractivity contribution in [3.8, 4) is 17.1 Å². The summed E-state index contributed by atoms with van der Waals surface area (Å²) >= 11 is 0. The molecule has 1 aromatic carbocycles. The Hall–Kier alpha value is -2.94. The van der Waals surface area contributed by atoms with E-state index in [4.69, 9.17) is 14.4 Å². The third-order valence-electron chi connectivity index (χ3n) is 3.70. The Kier molecular flexibility index (Phi) is 6.29. The Balaban J connectivity index is 1.79. The minimum Gasteiger partial charge on any atom is -0.497 e. The number of carbonyl (C=O) groups is 2. The van der Waals surface area contributed by atoms with Gasteiger partial charge in [-0.3, -0.25) is 4.79 Å². The Morgan fingerprint density at radius 3 is 2.62 bits per heavy atom. The third-order valence-corrected chi connectivity index (χ3v) is 3.70. The molecule has 0 spiro atoms. The van der Waals surface area contributed by atoms with Gasteiger partial charge in [0.1, 0.15) is 5.75 Å². The van der Waals surface area contributed by atoms with Crippen LogP contribution in [0.15, 0.2) is 28.8 Å². The maximum absolute atomic E-state index is 11.7. The van der Waals surface area contributed by atoms with Crippen LogP contribution in [0.1, 0.15) is 25.7 Å². The van der Waals surface area contributed by atoms with Crippen molar-refractivity contribution in [2.24, 2.45) is 0 Å². The van der Waals surface area contributed by atoms with E-state index < -0.39 is 11.6 Å². The number of rotatable bonds is 9. The number of carboxylic acid groups (broad SMARTS) is 1. The molecule has 0 fully saturated rings. The minimum absolute atomic E-state index is 0.149. The number of aliphatic hydroxyl groups is 1. The molecule has 0 bridgehead atoms. The van der Waals surface area contributed by atoms with Crippen LogP contribution >= 0.6 is 0 Å². The van der Waals surface area contributed by atoms with Gasteiger partial charge in [-0.2, -0.15) is 4.98 Å². The average molecular weight is 363 g/mol. The lowest BCUT2D eigenvalue weighted by atomic mass is 10.1. The molecule has 0 saturated carbocycles. The fourth-order valence-electron chi connectivity index (χ4n) is 2.05. The lowest BCUT2D eigenvalue weighted by molar-refractivity contribution is -0.156. The first-order chi connectivity index (χ1) is 12.3. The van der Waals surface area contributed by atoms with Gasteiger partial charge in [0, 0.05) is 18.4 Å². The smallest absolute Gasteiger partial charge is 0.337 e. The maximum Gasteiger partial charge on any atom is 0.337 e. The first-order valence-electron chi connectivity index (χ1n) is 8.01. The van der Waals surface area contributed by atoms with Gasteiger partial charge in [-0.25, -0.2) is 4.79 Å². The number of ether oxygens (including phenoxy) is 1. The summed E-state index contributed by atoms with van der Waals surface area (Å²) in [4.78, 5) is 26.7. The molecule has 26 heavy (non-hydrogen) atoms. The van der Waals surface area contributed by atoms with Crippen molar-refractivity contribution in [2.75, 3.05) is 13.7 Å². The van der Waals surface area contributed by atoms with Crippen molar-refractivity contribution in [1.29, 1.82) is 0 Å². The van der Waals surface area contributed by atoms with E-state index in [-0.39, 0.29) is 18.9 Å². The topological polar surface area (TPSA) is 135 Å². The highest BCUT2D eigenvalue weighted by Crippen LogP contribution is 2.20. The maximum atomic E-state index is 11.7. The number of aliphatic carboxylic acids is 1. The van der Waals surface area contributed by atoms with Crippen LogP contribution in [-0.2, 0) is 16.0 Å². The zero-order valence-electron chi connectivity index (χ0n) is 14.6. The molecule has 0 saturated heterocycles. The van der Waals surface area contributed by atoms with Crippen LogP contribution in [0.4, 0.5) is 0 Å². The molecule has 9 nitrogen and oxygen atoms in total. The molecule has 1 unspecified atom stereocenters.